The van der Waals surface area contributed by atoms with E-state index in [1.807, 2.05) is 56.4 Å². The van der Waals surface area contributed by atoms with Gasteiger partial charge < -0.3 is 9.80 Å². The van der Waals surface area contributed by atoms with E-state index in [0.717, 1.165) is 47.2 Å². The molecule has 2 aromatic heterocycles. The van der Waals surface area contributed by atoms with Crippen LogP contribution in [-0.2, 0) is 7.05 Å². The third-order valence-electron chi connectivity index (χ3n) is 5.51. The van der Waals surface area contributed by atoms with E-state index in [1.165, 1.54) is 0 Å². The van der Waals surface area contributed by atoms with E-state index in [4.69, 9.17) is 4.98 Å². The maximum Gasteiger partial charge on any atom is 0.254 e. The van der Waals surface area contributed by atoms with Crippen molar-refractivity contribution in [2.24, 2.45) is 7.05 Å². The number of likely N-dealkylation sites (tertiary alicyclic amines) is 1. The number of rotatable bonds is 3. The second-order valence-electron chi connectivity index (χ2n) is 7.55. The minimum absolute atomic E-state index is 0.0541. The summed E-state index contributed by atoms with van der Waals surface area (Å²) >= 11 is 0. The summed E-state index contributed by atoms with van der Waals surface area (Å²) in [6, 6.07) is 8.17. The minimum atomic E-state index is 0.0541. The molecule has 27 heavy (non-hydrogen) atoms. The number of fused-ring (bicyclic) bond motifs is 1. The molecule has 1 atom stereocenters. The van der Waals surface area contributed by atoms with Gasteiger partial charge in [-0.3, -0.25) is 9.48 Å². The zero-order valence-electron chi connectivity index (χ0n) is 16.3. The van der Waals surface area contributed by atoms with Gasteiger partial charge in [-0.2, -0.15) is 5.10 Å². The molecule has 0 N–H and O–H groups in total. The molecule has 1 saturated heterocycles. The van der Waals surface area contributed by atoms with Crippen molar-refractivity contribution in [2.75, 3.05) is 27.2 Å². The molecule has 0 spiro atoms. The van der Waals surface area contributed by atoms with Gasteiger partial charge in [0.1, 0.15) is 0 Å². The van der Waals surface area contributed by atoms with Crippen molar-refractivity contribution in [3.8, 4) is 11.3 Å². The second-order valence-corrected chi connectivity index (χ2v) is 7.55. The molecule has 1 aromatic carbocycles. The van der Waals surface area contributed by atoms with Crippen molar-refractivity contribution in [1.29, 1.82) is 0 Å². The molecule has 0 aliphatic carbocycles. The van der Waals surface area contributed by atoms with Gasteiger partial charge in [0.25, 0.3) is 5.91 Å². The van der Waals surface area contributed by atoms with Gasteiger partial charge in [0.05, 0.1) is 23.0 Å². The highest BCUT2D eigenvalue weighted by atomic mass is 16.2. The zero-order chi connectivity index (χ0) is 19.1. The Hall–Kier alpha value is -2.73. The van der Waals surface area contributed by atoms with Crippen LogP contribution in [0, 0.1) is 6.92 Å². The average molecular weight is 363 g/mol. The van der Waals surface area contributed by atoms with Crippen molar-refractivity contribution in [1.82, 2.24) is 24.6 Å². The Morgan fingerprint density at radius 3 is 2.78 bits per heavy atom. The Morgan fingerprint density at radius 1 is 1.30 bits per heavy atom. The topological polar surface area (TPSA) is 54.3 Å². The number of amides is 1. The summed E-state index contributed by atoms with van der Waals surface area (Å²) in [5, 5.41) is 5.16. The third-order valence-corrected chi connectivity index (χ3v) is 5.51. The molecular weight excluding hydrogens is 338 g/mol. The van der Waals surface area contributed by atoms with Crippen LogP contribution in [0.3, 0.4) is 0 Å². The molecule has 1 fully saturated rings. The lowest BCUT2D eigenvalue weighted by atomic mass is 10.0. The summed E-state index contributed by atoms with van der Waals surface area (Å²) in [5.41, 5.74) is 4.35. The molecule has 6 heteroatoms. The number of likely N-dealkylation sites (N-methyl/N-ethyl adjacent to an activating group) is 2. The van der Waals surface area contributed by atoms with Crippen LogP contribution in [0.25, 0.3) is 22.2 Å². The first-order chi connectivity index (χ1) is 12.9. The normalized spacial score (nSPS) is 17.6. The standard InChI is InChI=1S/C21H25N5O/c1-14-6-5-7-17-18(21(27)26(4)16-8-9-24(2)13-16)10-19(23-20(14)17)15-11-22-25(3)12-15/h5-7,10-12,16H,8-9,13H2,1-4H3. The van der Waals surface area contributed by atoms with Crippen molar-refractivity contribution in [2.45, 2.75) is 19.4 Å². The van der Waals surface area contributed by atoms with Gasteiger partial charge in [-0.1, -0.05) is 18.2 Å². The van der Waals surface area contributed by atoms with Gasteiger partial charge in [0.15, 0.2) is 0 Å². The average Bonchev–Trinajstić information content (AvgIpc) is 3.28. The van der Waals surface area contributed by atoms with Crippen LogP contribution in [0.2, 0.25) is 0 Å². The summed E-state index contributed by atoms with van der Waals surface area (Å²) in [4.78, 5) is 22.4. The Morgan fingerprint density at radius 2 is 2.11 bits per heavy atom. The van der Waals surface area contributed by atoms with E-state index in [0.29, 0.717) is 5.56 Å². The number of pyridine rings is 1. The first kappa shape index (κ1) is 17.7. The summed E-state index contributed by atoms with van der Waals surface area (Å²) in [7, 11) is 5.90. The van der Waals surface area contributed by atoms with Crippen molar-refractivity contribution >= 4 is 16.8 Å². The largest absolute Gasteiger partial charge is 0.337 e. The lowest BCUT2D eigenvalue weighted by Gasteiger charge is -2.25. The molecule has 3 heterocycles. The number of hydrogen-bond acceptors (Lipinski definition) is 4. The Labute approximate surface area is 159 Å². The number of para-hydroxylation sites is 1. The molecule has 0 saturated carbocycles. The number of benzene rings is 1. The molecular formula is C21H25N5O. The lowest BCUT2D eigenvalue weighted by Crippen LogP contribution is -2.38. The molecule has 1 amide bonds. The van der Waals surface area contributed by atoms with Crippen LogP contribution in [-0.4, -0.2) is 63.7 Å². The molecule has 3 aromatic rings. The fourth-order valence-corrected chi connectivity index (χ4v) is 3.85. The van der Waals surface area contributed by atoms with Gasteiger partial charge in [-0.15, -0.1) is 0 Å². The van der Waals surface area contributed by atoms with Crippen LogP contribution < -0.4 is 0 Å². The highest BCUT2D eigenvalue weighted by molar-refractivity contribution is 6.07. The fraction of sp³-hybridized carbons (Fsp3) is 0.381. The monoisotopic (exact) mass is 363 g/mol. The lowest BCUT2D eigenvalue weighted by molar-refractivity contribution is 0.0739. The Balaban J connectivity index is 1.83. The summed E-state index contributed by atoms with van der Waals surface area (Å²) in [5.74, 6) is 0.0541. The van der Waals surface area contributed by atoms with Crippen LogP contribution in [0.5, 0.6) is 0 Å². The highest BCUT2D eigenvalue weighted by Crippen LogP contribution is 2.28. The quantitative estimate of drug-likeness (QED) is 0.718. The second kappa shape index (κ2) is 6.78. The predicted molar refractivity (Wildman–Crippen MR) is 107 cm³/mol. The Bertz CT molecular complexity index is 1010. The number of carbonyl (C=O) groups excluding carboxylic acids is 1. The maximum absolute atomic E-state index is 13.4. The van der Waals surface area contributed by atoms with Crippen LogP contribution in [0.15, 0.2) is 36.7 Å². The maximum atomic E-state index is 13.4. The number of carbonyl (C=O) groups is 1. The molecule has 6 nitrogen and oxygen atoms in total. The molecule has 1 aliphatic rings. The molecule has 1 aliphatic heterocycles. The minimum Gasteiger partial charge on any atom is -0.337 e. The first-order valence-electron chi connectivity index (χ1n) is 9.29. The zero-order valence-corrected chi connectivity index (χ0v) is 16.3. The molecule has 4 rings (SSSR count). The van der Waals surface area contributed by atoms with E-state index in [-0.39, 0.29) is 11.9 Å². The van der Waals surface area contributed by atoms with Gasteiger partial charge in [-0.25, -0.2) is 4.98 Å². The number of aryl methyl sites for hydroxylation is 2. The van der Waals surface area contributed by atoms with Crippen LogP contribution in [0.1, 0.15) is 22.3 Å². The molecule has 140 valence electrons. The van der Waals surface area contributed by atoms with Crippen molar-refractivity contribution < 1.29 is 4.79 Å². The predicted octanol–water partition coefficient (Wildman–Crippen LogP) is 2.72. The number of hydrogen-bond donors (Lipinski definition) is 0. The van der Waals surface area contributed by atoms with E-state index in [2.05, 4.69) is 17.0 Å². The van der Waals surface area contributed by atoms with E-state index in [1.54, 1.807) is 10.9 Å². The van der Waals surface area contributed by atoms with Crippen molar-refractivity contribution in [3.05, 3.63) is 47.8 Å². The first-order valence-corrected chi connectivity index (χ1v) is 9.29. The SMILES string of the molecule is Cc1cccc2c(C(=O)N(C)C3CCN(C)C3)cc(-c3cnn(C)c3)nc12. The summed E-state index contributed by atoms with van der Waals surface area (Å²) < 4.78 is 1.75. The smallest absolute Gasteiger partial charge is 0.254 e. The van der Waals surface area contributed by atoms with Crippen molar-refractivity contribution in [3.63, 3.8) is 0 Å². The number of nitrogens with zero attached hydrogens (tertiary/aromatic N) is 5. The van der Waals surface area contributed by atoms with Crippen LogP contribution in [0.4, 0.5) is 0 Å². The van der Waals surface area contributed by atoms with Gasteiger partial charge >= 0.3 is 0 Å². The third kappa shape index (κ3) is 3.21. The van der Waals surface area contributed by atoms with Gasteiger partial charge in [0, 0.05) is 43.8 Å². The van der Waals surface area contributed by atoms with E-state index < -0.39 is 0 Å². The highest BCUT2D eigenvalue weighted by Gasteiger charge is 2.28. The van der Waals surface area contributed by atoms with Crippen LogP contribution >= 0.6 is 0 Å². The Kier molecular flexibility index (Phi) is 4.44. The molecule has 1 unspecified atom stereocenters. The molecule has 0 radical (unpaired) electrons. The van der Waals surface area contributed by atoms with E-state index >= 15 is 0 Å². The van der Waals surface area contributed by atoms with Gasteiger partial charge in [0.2, 0.25) is 0 Å². The van der Waals surface area contributed by atoms with E-state index in [9.17, 15) is 4.79 Å². The fourth-order valence-electron chi connectivity index (χ4n) is 3.85. The summed E-state index contributed by atoms with van der Waals surface area (Å²) in [6.07, 6.45) is 4.73. The molecule has 0 bridgehead atoms. The van der Waals surface area contributed by atoms with Gasteiger partial charge in [-0.05, 0) is 38.6 Å². The summed E-state index contributed by atoms with van der Waals surface area (Å²) in [6.45, 7) is 3.98. The number of aromatic nitrogens is 3.